The van der Waals surface area contributed by atoms with Gasteiger partial charge in [-0.3, -0.25) is 0 Å². The summed E-state index contributed by atoms with van der Waals surface area (Å²) in [4.78, 5) is 4.27. The molecule has 0 saturated heterocycles. The van der Waals surface area contributed by atoms with Crippen LogP contribution in [0, 0.1) is 5.82 Å². The lowest BCUT2D eigenvalue weighted by atomic mass is 10.1. The van der Waals surface area contributed by atoms with E-state index in [0.29, 0.717) is 28.0 Å². The standard InChI is InChI=1S/C15H12ClFN4/c16-14-6-10(8-1-2-8)15-12(19-14)7-21(20-15)13-4-3-9(18)5-11(13)17/h3-8H,1-2,18H2. The smallest absolute Gasteiger partial charge is 0.150 e. The van der Waals surface area contributed by atoms with Crippen molar-refractivity contribution < 1.29 is 4.39 Å². The van der Waals surface area contributed by atoms with Crippen LogP contribution in [-0.4, -0.2) is 14.8 Å². The van der Waals surface area contributed by atoms with Gasteiger partial charge in [0, 0.05) is 5.69 Å². The van der Waals surface area contributed by atoms with Gasteiger partial charge in [-0.15, -0.1) is 0 Å². The lowest BCUT2D eigenvalue weighted by Crippen LogP contribution is -1.99. The molecule has 1 aliphatic rings. The zero-order valence-electron chi connectivity index (χ0n) is 11.1. The normalized spacial score (nSPS) is 14.8. The fourth-order valence-electron chi connectivity index (χ4n) is 2.53. The van der Waals surface area contributed by atoms with Crippen molar-refractivity contribution in [2.45, 2.75) is 18.8 Å². The quantitative estimate of drug-likeness (QED) is 0.580. The van der Waals surface area contributed by atoms with Gasteiger partial charge in [0.2, 0.25) is 0 Å². The molecule has 2 aromatic heterocycles. The van der Waals surface area contributed by atoms with Crippen LogP contribution in [0.5, 0.6) is 0 Å². The van der Waals surface area contributed by atoms with E-state index in [1.54, 1.807) is 18.3 Å². The summed E-state index contributed by atoms with van der Waals surface area (Å²) in [5.41, 5.74) is 8.87. The Kier molecular flexibility index (Phi) is 2.65. The Morgan fingerprint density at radius 1 is 1.29 bits per heavy atom. The molecule has 0 unspecified atom stereocenters. The van der Waals surface area contributed by atoms with E-state index in [9.17, 15) is 4.39 Å². The van der Waals surface area contributed by atoms with Crippen LogP contribution in [0.1, 0.15) is 24.3 Å². The average Bonchev–Trinajstić information content (AvgIpc) is 3.18. The van der Waals surface area contributed by atoms with E-state index in [1.165, 1.54) is 10.7 Å². The van der Waals surface area contributed by atoms with Crippen molar-refractivity contribution in [1.29, 1.82) is 0 Å². The molecule has 6 heteroatoms. The van der Waals surface area contributed by atoms with Crippen LogP contribution in [0.25, 0.3) is 16.7 Å². The SMILES string of the molecule is Nc1ccc(-n2cc3nc(Cl)cc(C4CC4)c3n2)c(F)c1. The Labute approximate surface area is 125 Å². The zero-order chi connectivity index (χ0) is 14.6. The number of hydrogen-bond donors (Lipinski definition) is 1. The van der Waals surface area contributed by atoms with Gasteiger partial charge in [0.05, 0.1) is 6.20 Å². The molecule has 1 saturated carbocycles. The molecule has 4 nitrogen and oxygen atoms in total. The second-order valence-corrected chi connectivity index (χ2v) is 5.71. The highest BCUT2D eigenvalue weighted by molar-refractivity contribution is 6.29. The van der Waals surface area contributed by atoms with E-state index in [4.69, 9.17) is 17.3 Å². The molecule has 0 amide bonds. The van der Waals surface area contributed by atoms with Crippen LogP contribution in [0.3, 0.4) is 0 Å². The maximum absolute atomic E-state index is 14.0. The molecule has 1 fully saturated rings. The Morgan fingerprint density at radius 3 is 2.81 bits per heavy atom. The first kappa shape index (κ1) is 12.6. The Morgan fingerprint density at radius 2 is 2.10 bits per heavy atom. The summed E-state index contributed by atoms with van der Waals surface area (Å²) in [5.74, 6) is 0.0782. The molecule has 21 heavy (non-hydrogen) atoms. The molecule has 2 heterocycles. The summed E-state index contributed by atoms with van der Waals surface area (Å²) in [6, 6.07) is 6.39. The second kappa shape index (κ2) is 4.43. The van der Waals surface area contributed by atoms with Crippen LogP contribution in [0.2, 0.25) is 5.15 Å². The summed E-state index contributed by atoms with van der Waals surface area (Å²) < 4.78 is 15.5. The minimum atomic E-state index is -0.415. The zero-order valence-corrected chi connectivity index (χ0v) is 11.8. The van der Waals surface area contributed by atoms with E-state index in [2.05, 4.69) is 10.1 Å². The number of hydrogen-bond acceptors (Lipinski definition) is 3. The van der Waals surface area contributed by atoms with E-state index in [-0.39, 0.29) is 0 Å². The highest BCUT2D eigenvalue weighted by atomic mass is 35.5. The van der Waals surface area contributed by atoms with Gasteiger partial charge in [0.15, 0.2) is 5.82 Å². The first-order chi connectivity index (χ1) is 10.1. The van der Waals surface area contributed by atoms with Crippen LogP contribution in [0.4, 0.5) is 10.1 Å². The van der Waals surface area contributed by atoms with Crippen LogP contribution >= 0.6 is 11.6 Å². The summed E-state index contributed by atoms with van der Waals surface area (Å²) in [5, 5.41) is 4.94. The summed E-state index contributed by atoms with van der Waals surface area (Å²) in [6.07, 6.45) is 3.97. The van der Waals surface area contributed by atoms with Gasteiger partial charge in [-0.2, -0.15) is 5.10 Å². The lowest BCUT2D eigenvalue weighted by molar-refractivity contribution is 0.612. The summed E-state index contributed by atoms with van der Waals surface area (Å²) >= 11 is 6.06. The maximum Gasteiger partial charge on any atom is 0.150 e. The third kappa shape index (κ3) is 2.14. The van der Waals surface area contributed by atoms with Gasteiger partial charge >= 0.3 is 0 Å². The fraction of sp³-hybridized carbons (Fsp3) is 0.200. The minimum Gasteiger partial charge on any atom is -0.399 e. The molecule has 2 N–H and O–H groups in total. The molecule has 106 valence electrons. The second-order valence-electron chi connectivity index (χ2n) is 5.33. The van der Waals surface area contributed by atoms with E-state index >= 15 is 0 Å². The van der Waals surface area contributed by atoms with Crippen molar-refractivity contribution in [3.8, 4) is 5.69 Å². The fourth-order valence-corrected chi connectivity index (χ4v) is 2.74. The molecule has 0 atom stereocenters. The van der Waals surface area contributed by atoms with Gasteiger partial charge in [-0.25, -0.2) is 14.1 Å². The molecule has 0 bridgehead atoms. The topological polar surface area (TPSA) is 56.7 Å². The maximum atomic E-state index is 14.0. The Hall–Kier alpha value is -2.14. The molecule has 3 aromatic rings. The van der Waals surface area contributed by atoms with Gasteiger partial charge in [-0.1, -0.05) is 11.6 Å². The highest BCUT2D eigenvalue weighted by Crippen LogP contribution is 2.43. The molecular weight excluding hydrogens is 291 g/mol. The third-order valence-electron chi connectivity index (χ3n) is 3.71. The van der Waals surface area contributed by atoms with Crippen molar-refractivity contribution >= 4 is 28.3 Å². The number of nitrogens with two attached hydrogens (primary N) is 1. The molecule has 0 spiro atoms. The molecule has 1 aliphatic carbocycles. The largest absolute Gasteiger partial charge is 0.399 e. The molecule has 0 radical (unpaired) electrons. The number of benzene rings is 1. The number of aromatic nitrogens is 3. The Balaban J connectivity index is 1.92. The summed E-state index contributed by atoms with van der Waals surface area (Å²) in [6.45, 7) is 0. The predicted octanol–water partition coefficient (Wildman–Crippen LogP) is 3.67. The average molecular weight is 303 g/mol. The highest BCUT2D eigenvalue weighted by Gasteiger charge is 2.27. The van der Waals surface area contributed by atoms with Crippen LogP contribution in [-0.2, 0) is 0 Å². The van der Waals surface area contributed by atoms with Crippen molar-refractivity contribution in [2.75, 3.05) is 5.73 Å². The molecule has 1 aromatic carbocycles. The number of pyridine rings is 1. The number of halogens is 2. The van der Waals surface area contributed by atoms with Crippen molar-refractivity contribution in [1.82, 2.24) is 14.8 Å². The van der Waals surface area contributed by atoms with Crippen molar-refractivity contribution in [2.24, 2.45) is 0 Å². The van der Waals surface area contributed by atoms with Crippen LogP contribution in [0.15, 0.2) is 30.5 Å². The predicted molar refractivity (Wildman–Crippen MR) is 80.2 cm³/mol. The number of rotatable bonds is 2. The summed E-state index contributed by atoms with van der Waals surface area (Å²) in [7, 11) is 0. The number of nitrogen functional groups attached to an aromatic ring is 1. The first-order valence-electron chi connectivity index (χ1n) is 6.73. The number of anilines is 1. The Bertz CT molecular complexity index is 854. The van der Waals surface area contributed by atoms with E-state index < -0.39 is 5.82 Å². The van der Waals surface area contributed by atoms with Gasteiger partial charge in [0.1, 0.15) is 21.9 Å². The van der Waals surface area contributed by atoms with Crippen molar-refractivity contribution in [3.63, 3.8) is 0 Å². The monoisotopic (exact) mass is 302 g/mol. The third-order valence-corrected chi connectivity index (χ3v) is 3.90. The van der Waals surface area contributed by atoms with Crippen LogP contribution < -0.4 is 5.73 Å². The van der Waals surface area contributed by atoms with Gasteiger partial charge in [-0.05, 0) is 48.6 Å². The first-order valence-corrected chi connectivity index (χ1v) is 7.11. The van der Waals surface area contributed by atoms with E-state index in [1.807, 2.05) is 6.07 Å². The number of fused-ring (bicyclic) bond motifs is 1. The molecule has 4 rings (SSSR count). The van der Waals surface area contributed by atoms with Gasteiger partial charge in [0.25, 0.3) is 0 Å². The number of nitrogens with zero attached hydrogens (tertiary/aromatic N) is 3. The van der Waals surface area contributed by atoms with E-state index in [0.717, 1.165) is 23.9 Å². The lowest BCUT2D eigenvalue weighted by Gasteiger charge is -2.03. The van der Waals surface area contributed by atoms with Gasteiger partial charge < -0.3 is 5.73 Å². The minimum absolute atomic E-state index is 0.347. The van der Waals surface area contributed by atoms with Crippen molar-refractivity contribution in [3.05, 3.63) is 47.0 Å². The molecule has 0 aliphatic heterocycles. The molecular formula is C15H12ClFN4.